The van der Waals surface area contributed by atoms with Crippen LogP contribution in [-0.2, 0) is 26.1 Å². The highest BCUT2D eigenvalue weighted by Crippen LogP contribution is 2.29. The van der Waals surface area contributed by atoms with Gasteiger partial charge >= 0.3 is 0 Å². The Morgan fingerprint density at radius 2 is 2.04 bits per heavy atom. The molecule has 0 amide bonds. The molecule has 1 aromatic heterocycles. The van der Waals surface area contributed by atoms with Gasteiger partial charge in [-0.3, -0.25) is 0 Å². The Morgan fingerprint density at radius 1 is 1.26 bits per heavy atom. The molecule has 2 unspecified atom stereocenters. The molecular formula is C18H23NO5S3. The van der Waals surface area contributed by atoms with Crippen molar-refractivity contribution in [3.63, 3.8) is 0 Å². The Labute approximate surface area is 164 Å². The molecule has 1 aliphatic heterocycles. The third-order valence-electron chi connectivity index (χ3n) is 4.75. The molecule has 0 aliphatic carbocycles. The molecule has 0 saturated carbocycles. The van der Waals surface area contributed by atoms with Crippen LogP contribution < -0.4 is 10.1 Å². The van der Waals surface area contributed by atoms with Gasteiger partial charge < -0.3 is 10.1 Å². The van der Waals surface area contributed by atoms with Crippen LogP contribution in [0.15, 0.2) is 40.6 Å². The first-order valence-electron chi connectivity index (χ1n) is 8.58. The van der Waals surface area contributed by atoms with E-state index < -0.39 is 31.0 Å². The lowest BCUT2D eigenvalue weighted by molar-refractivity contribution is 0.411. The predicted molar refractivity (Wildman–Crippen MR) is 107 cm³/mol. The molecule has 1 N–H and O–H groups in total. The number of ether oxygens (including phenoxy) is 1. The number of hydrogen-bond acceptors (Lipinski definition) is 7. The lowest BCUT2D eigenvalue weighted by Gasteiger charge is -2.20. The summed E-state index contributed by atoms with van der Waals surface area (Å²) in [6.07, 6.45) is 0.739. The summed E-state index contributed by atoms with van der Waals surface area (Å²) < 4.78 is 55.8. The van der Waals surface area contributed by atoms with E-state index in [4.69, 9.17) is 4.74 Å². The molecule has 0 bridgehead atoms. The van der Waals surface area contributed by atoms with Crippen LogP contribution in [0, 0.1) is 6.92 Å². The van der Waals surface area contributed by atoms with Crippen molar-refractivity contribution in [2.24, 2.45) is 0 Å². The molecule has 2 heterocycles. The van der Waals surface area contributed by atoms with Gasteiger partial charge in [0.2, 0.25) is 0 Å². The minimum Gasteiger partial charge on any atom is -0.496 e. The van der Waals surface area contributed by atoms with Gasteiger partial charge in [0.25, 0.3) is 0 Å². The van der Waals surface area contributed by atoms with Gasteiger partial charge in [-0.2, -0.15) is 0 Å². The molecule has 2 atom stereocenters. The minimum atomic E-state index is -3.79. The fraction of sp³-hybridized carbons (Fsp3) is 0.444. The number of nitrogens with one attached hydrogen (secondary N) is 1. The Bertz CT molecular complexity index is 998. The SMILES string of the molecule is COc1ccc(S(=O)(=O)C2CS(=O)(=O)CC2NCCc2cccs2)cc1C. The molecule has 9 heteroatoms. The van der Waals surface area contributed by atoms with Gasteiger partial charge in [0.1, 0.15) is 5.75 Å². The fourth-order valence-electron chi connectivity index (χ4n) is 3.35. The molecule has 0 radical (unpaired) electrons. The number of sulfone groups is 2. The second kappa shape index (κ2) is 7.90. The van der Waals surface area contributed by atoms with Gasteiger partial charge in [0.05, 0.1) is 28.8 Å². The molecule has 1 aromatic carbocycles. The fourth-order valence-corrected chi connectivity index (χ4v) is 8.86. The number of benzene rings is 1. The zero-order valence-electron chi connectivity index (χ0n) is 15.2. The van der Waals surface area contributed by atoms with Crippen LogP contribution in [0.3, 0.4) is 0 Å². The van der Waals surface area contributed by atoms with Crippen molar-refractivity contribution in [1.82, 2.24) is 5.32 Å². The van der Waals surface area contributed by atoms with Crippen LogP contribution in [0.1, 0.15) is 10.4 Å². The maximum atomic E-state index is 13.1. The maximum Gasteiger partial charge on any atom is 0.183 e. The molecule has 0 spiro atoms. The maximum absolute atomic E-state index is 13.1. The van der Waals surface area contributed by atoms with Crippen molar-refractivity contribution < 1.29 is 21.6 Å². The van der Waals surface area contributed by atoms with Crippen molar-refractivity contribution in [3.8, 4) is 5.75 Å². The van der Waals surface area contributed by atoms with Crippen molar-refractivity contribution in [2.75, 3.05) is 25.2 Å². The average molecular weight is 430 g/mol. The minimum absolute atomic E-state index is 0.132. The van der Waals surface area contributed by atoms with Crippen LogP contribution >= 0.6 is 11.3 Å². The average Bonchev–Trinajstić information content (AvgIpc) is 3.22. The Morgan fingerprint density at radius 3 is 2.67 bits per heavy atom. The molecule has 2 aromatic rings. The van der Waals surface area contributed by atoms with Gasteiger partial charge in [-0.05, 0) is 48.6 Å². The molecule has 1 saturated heterocycles. The summed E-state index contributed by atoms with van der Waals surface area (Å²) in [6.45, 7) is 2.30. The van der Waals surface area contributed by atoms with Gasteiger partial charge in [-0.1, -0.05) is 6.07 Å². The molecule has 6 nitrogen and oxygen atoms in total. The number of methoxy groups -OCH3 is 1. The molecule has 3 rings (SSSR count). The van der Waals surface area contributed by atoms with E-state index in [1.165, 1.54) is 18.1 Å². The topological polar surface area (TPSA) is 89.5 Å². The zero-order valence-corrected chi connectivity index (χ0v) is 17.7. The Hall–Kier alpha value is -1.42. The summed E-state index contributed by atoms with van der Waals surface area (Å²) >= 11 is 1.63. The summed E-state index contributed by atoms with van der Waals surface area (Å²) in [7, 11) is -5.67. The van der Waals surface area contributed by atoms with E-state index in [9.17, 15) is 16.8 Å². The summed E-state index contributed by atoms with van der Waals surface area (Å²) in [5, 5.41) is 4.16. The highest BCUT2D eigenvalue weighted by Gasteiger charge is 2.45. The van der Waals surface area contributed by atoms with E-state index in [1.807, 2.05) is 17.5 Å². The van der Waals surface area contributed by atoms with Crippen LogP contribution in [0.25, 0.3) is 0 Å². The van der Waals surface area contributed by atoms with E-state index in [-0.39, 0.29) is 16.4 Å². The first-order chi connectivity index (χ1) is 12.7. The smallest absolute Gasteiger partial charge is 0.183 e. The zero-order chi connectivity index (χ0) is 19.7. The predicted octanol–water partition coefficient (Wildman–Crippen LogP) is 1.84. The Kier molecular flexibility index (Phi) is 5.95. The Balaban J connectivity index is 1.81. The monoisotopic (exact) mass is 429 g/mol. The van der Waals surface area contributed by atoms with Crippen molar-refractivity contribution in [2.45, 2.75) is 29.5 Å². The second-order valence-electron chi connectivity index (χ2n) is 6.68. The molecule has 148 valence electrons. The van der Waals surface area contributed by atoms with E-state index in [0.717, 1.165) is 6.42 Å². The van der Waals surface area contributed by atoms with Crippen molar-refractivity contribution in [1.29, 1.82) is 0 Å². The normalized spacial score (nSPS) is 22.0. The quantitative estimate of drug-likeness (QED) is 0.722. The number of hydrogen-bond donors (Lipinski definition) is 1. The van der Waals surface area contributed by atoms with E-state index in [1.54, 1.807) is 30.4 Å². The van der Waals surface area contributed by atoms with Crippen molar-refractivity contribution in [3.05, 3.63) is 46.2 Å². The first-order valence-corrected chi connectivity index (χ1v) is 12.8. The summed E-state index contributed by atoms with van der Waals surface area (Å²) in [6, 6.07) is 7.98. The highest BCUT2D eigenvalue weighted by atomic mass is 32.2. The number of thiophene rings is 1. The molecular weight excluding hydrogens is 406 g/mol. The van der Waals surface area contributed by atoms with Gasteiger partial charge in [0, 0.05) is 17.5 Å². The number of aryl methyl sites for hydroxylation is 1. The lowest BCUT2D eigenvalue weighted by atomic mass is 10.2. The van der Waals surface area contributed by atoms with Gasteiger partial charge in [-0.25, -0.2) is 16.8 Å². The number of rotatable bonds is 7. The molecule has 27 heavy (non-hydrogen) atoms. The van der Waals surface area contributed by atoms with E-state index >= 15 is 0 Å². The molecule has 1 aliphatic rings. The lowest BCUT2D eigenvalue weighted by Crippen LogP contribution is -2.44. The van der Waals surface area contributed by atoms with Crippen molar-refractivity contribution >= 4 is 31.0 Å². The second-order valence-corrected chi connectivity index (χ2v) is 12.0. The van der Waals surface area contributed by atoms with Crippen LogP contribution in [-0.4, -0.2) is 53.3 Å². The summed E-state index contributed by atoms with van der Waals surface area (Å²) in [4.78, 5) is 1.31. The first kappa shape index (κ1) is 20.3. The summed E-state index contributed by atoms with van der Waals surface area (Å²) in [5.41, 5.74) is 0.696. The van der Waals surface area contributed by atoms with Crippen LogP contribution in [0.5, 0.6) is 5.75 Å². The van der Waals surface area contributed by atoms with Gasteiger partial charge in [-0.15, -0.1) is 11.3 Å². The third-order valence-corrected chi connectivity index (χ3v) is 9.84. The third kappa shape index (κ3) is 4.53. The summed E-state index contributed by atoms with van der Waals surface area (Å²) in [5.74, 6) is 0.0895. The van der Waals surface area contributed by atoms with E-state index in [2.05, 4.69) is 5.32 Å². The van der Waals surface area contributed by atoms with Gasteiger partial charge in [0.15, 0.2) is 19.7 Å². The largest absolute Gasteiger partial charge is 0.496 e. The highest BCUT2D eigenvalue weighted by molar-refractivity contribution is 7.96. The molecule has 1 fully saturated rings. The van der Waals surface area contributed by atoms with Crippen LogP contribution in [0.4, 0.5) is 0 Å². The van der Waals surface area contributed by atoms with Crippen LogP contribution in [0.2, 0.25) is 0 Å². The standard InChI is InChI=1S/C18H23NO5S3/c1-13-10-15(5-6-17(13)24-2)27(22,23)18-12-26(20,21)11-16(18)19-8-7-14-4-3-9-25-14/h3-6,9-10,16,18-19H,7-8,11-12H2,1-2H3. The van der Waals surface area contributed by atoms with E-state index in [0.29, 0.717) is 17.9 Å².